The van der Waals surface area contributed by atoms with Crippen molar-refractivity contribution in [2.24, 2.45) is 0 Å². The van der Waals surface area contributed by atoms with Gasteiger partial charge in [0.1, 0.15) is 11.3 Å². The van der Waals surface area contributed by atoms with E-state index in [1.54, 1.807) is 12.4 Å². The summed E-state index contributed by atoms with van der Waals surface area (Å²) in [6.07, 6.45) is 7.88. The molecule has 1 aliphatic carbocycles. The second-order valence-electron chi connectivity index (χ2n) is 8.84. The van der Waals surface area contributed by atoms with E-state index in [1.165, 1.54) is 5.69 Å². The second kappa shape index (κ2) is 9.28. The van der Waals surface area contributed by atoms with E-state index in [1.807, 2.05) is 13.8 Å². The highest BCUT2D eigenvalue weighted by molar-refractivity contribution is 5.85. The Morgan fingerprint density at radius 1 is 0.938 bits per heavy atom. The molecule has 7 nitrogen and oxygen atoms in total. The maximum Gasteiger partial charge on any atom is 0.149 e. The summed E-state index contributed by atoms with van der Waals surface area (Å²) in [4.78, 5) is 15.9. The first kappa shape index (κ1) is 20.9. The first-order valence-corrected chi connectivity index (χ1v) is 11.6. The largest absolute Gasteiger partial charge is 0.488 e. The van der Waals surface area contributed by atoms with Crippen molar-refractivity contribution in [2.75, 3.05) is 36.5 Å². The van der Waals surface area contributed by atoms with Crippen LogP contribution in [0.3, 0.4) is 0 Å². The van der Waals surface area contributed by atoms with Gasteiger partial charge in [-0.05, 0) is 57.7 Å². The number of morpholine rings is 1. The Bertz CT molecular complexity index is 1050. The van der Waals surface area contributed by atoms with Crippen molar-refractivity contribution in [2.45, 2.75) is 51.7 Å². The van der Waals surface area contributed by atoms with Gasteiger partial charge in [0.05, 0.1) is 24.8 Å². The van der Waals surface area contributed by atoms with Crippen LogP contribution >= 0.6 is 0 Å². The molecule has 2 aromatic heterocycles. The number of benzene rings is 1. The van der Waals surface area contributed by atoms with Crippen molar-refractivity contribution in [3.63, 3.8) is 0 Å². The van der Waals surface area contributed by atoms with Crippen molar-refractivity contribution in [3.05, 3.63) is 48.0 Å². The monoisotopic (exact) mass is 433 g/mol. The summed E-state index contributed by atoms with van der Waals surface area (Å²) in [5.74, 6) is 0.842. The number of hydrogen-bond donors (Lipinski definition) is 1. The van der Waals surface area contributed by atoms with Crippen molar-refractivity contribution >= 4 is 22.4 Å². The zero-order valence-electron chi connectivity index (χ0n) is 18.9. The molecule has 0 unspecified atom stereocenters. The first-order valence-electron chi connectivity index (χ1n) is 11.6. The number of pyridine rings is 1. The zero-order chi connectivity index (χ0) is 21.9. The van der Waals surface area contributed by atoms with Crippen molar-refractivity contribution in [1.82, 2.24) is 15.0 Å². The van der Waals surface area contributed by atoms with E-state index in [0.717, 1.165) is 85.8 Å². The summed E-state index contributed by atoms with van der Waals surface area (Å²) >= 11 is 0. The highest BCUT2D eigenvalue weighted by Crippen LogP contribution is 2.33. The molecule has 0 atom stereocenters. The van der Waals surface area contributed by atoms with Gasteiger partial charge < -0.3 is 19.7 Å². The number of nitrogens with one attached hydrogen (secondary N) is 1. The van der Waals surface area contributed by atoms with Crippen molar-refractivity contribution in [1.29, 1.82) is 0 Å². The van der Waals surface area contributed by atoms with Crippen LogP contribution in [-0.4, -0.2) is 53.4 Å². The van der Waals surface area contributed by atoms with Gasteiger partial charge in [-0.25, -0.2) is 4.98 Å². The minimum absolute atomic E-state index is 0.194. The van der Waals surface area contributed by atoms with Crippen LogP contribution in [0.15, 0.2) is 36.7 Å². The summed E-state index contributed by atoms with van der Waals surface area (Å²) in [6.45, 7) is 7.36. The molecule has 1 aliphatic heterocycles. The van der Waals surface area contributed by atoms with Crippen LogP contribution in [0.1, 0.15) is 37.1 Å². The molecule has 32 heavy (non-hydrogen) atoms. The zero-order valence-corrected chi connectivity index (χ0v) is 18.9. The minimum Gasteiger partial charge on any atom is -0.488 e. The van der Waals surface area contributed by atoms with E-state index in [4.69, 9.17) is 9.47 Å². The Kier molecular flexibility index (Phi) is 6.08. The van der Waals surface area contributed by atoms with Crippen LogP contribution in [0.5, 0.6) is 5.75 Å². The number of fused-ring (bicyclic) bond motifs is 1. The molecule has 0 amide bonds. The van der Waals surface area contributed by atoms with E-state index >= 15 is 0 Å². The molecule has 0 bridgehead atoms. The normalized spacial score (nSPS) is 21.5. The third-order valence-corrected chi connectivity index (χ3v) is 6.32. The molecule has 7 heteroatoms. The summed E-state index contributed by atoms with van der Waals surface area (Å²) < 4.78 is 12.1. The maximum absolute atomic E-state index is 6.54. The molecule has 5 rings (SSSR count). The Morgan fingerprint density at radius 2 is 1.66 bits per heavy atom. The standard InChI is InChI=1S/C25H31N5O2/c1-17-13-20(14-18(2)28-17)29-19-3-5-22(6-4-19)32-24-16-21(30-9-11-31-12-10-30)15-23-25(24)27-8-7-26-23/h7-8,13-16,19,22H,3-6,9-12H2,1-2H3,(H,28,29). The number of rotatable bonds is 5. The number of aryl methyl sites for hydroxylation is 2. The molecule has 0 spiro atoms. The number of aromatic nitrogens is 3. The lowest BCUT2D eigenvalue weighted by Crippen LogP contribution is -2.36. The topological polar surface area (TPSA) is 72.4 Å². The Hall–Kier alpha value is -2.93. The van der Waals surface area contributed by atoms with E-state index in [0.29, 0.717) is 6.04 Å². The molecule has 168 valence electrons. The fraction of sp³-hybridized carbons (Fsp3) is 0.480. The fourth-order valence-corrected chi connectivity index (χ4v) is 4.78. The smallest absolute Gasteiger partial charge is 0.149 e. The van der Waals surface area contributed by atoms with Gasteiger partial charge in [-0.3, -0.25) is 9.97 Å². The summed E-state index contributed by atoms with van der Waals surface area (Å²) in [6, 6.07) is 8.96. The van der Waals surface area contributed by atoms with E-state index < -0.39 is 0 Å². The predicted molar refractivity (Wildman–Crippen MR) is 127 cm³/mol. The average molecular weight is 434 g/mol. The van der Waals surface area contributed by atoms with Crippen LogP contribution in [0, 0.1) is 13.8 Å². The van der Waals surface area contributed by atoms with Gasteiger partial charge in [0, 0.05) is 60.4 Å². The molecule has 1 aromatic carbocycles. The number of hydrogen-bond acceptors (Lipinski definition) is 7. The van der Waals surface area contributed by atoms with Crippen molar-refractivity contribution < 1.29 is 9.47 Å². The van der Waals surface area contributed by atoms with E-state index in [-0.39, 0.29) is 6.10 Å². The van der Waals surface area contributed by atoms with Crippen molar-refractivity contribution in [3.8, 4) is 5.75 Å². The molecule has 2 fully saturated rings. The Labute approximate surface area is 189 Å². The second-order valence-corrected chi connectivity index (χ2v) is 8.84. The lowest BCUT2D eigenvalue weighted by molar-refractivity contribution is 0.122. The van der Waals surface area contributed by atoms with Gasteiger partial charge in [-0.2, -0.15) is 0 Å². The number of nitrogens with zero attached hydrogens (tertiary/aromatic N) is 4. The van der Waals surface area contributed by atoms with Crippen LogP contribution < -0.4 is 15.0 Å². The summed E-state index contributed by atoms with van der Waals surface area (Å²) in [5.41, 5.74) is 6.13. The highest BCUT2D eigenvalue weighted by Gasteiger charge is 2.24. The average Bonchev–Trinajstić information content (AvgIpc) is 2.80. The van der Waals surface area contributed by atoms with E-state index in [2.05, 4.69) is 49.4 Å². The third kappa shape index (κ3) is 4.78. The maximum atomic E-state index is 6.54. The minimum atomic E-state index is 0.194. The molecular formula is C25H31N5O2. The third-order valence-electron chi connectivity index (χ3n) is 6.32. The molecule has 3 heterocycles. The van der Waals surface area contributed by atoms with Crippen LogP contribution in [0.4, 0.5) is 11.4 Å². The lowest BCUT2D eigenvalue weighted by atomic mass is 9.92. The number of ether oxygens (including phenoxy) is 2. The van der Waals surface area contributed by atoms with Crippen LogP contribution in [-0.2, 0) is 4.74 Å². The lowest BCUT2D eigenvalue weighted by Gasteiger charge is -2.32. The van der Waals surface area contributed by atoms with Gasteiger partial charge in [-0.1, -0.05) is 0 Å². The molecule has 0 radical (unpaired) electrons. The molecule has 1 saturated heterocycles. The molecule has 2 aliphatic rings. The summed E-state index contributed by atoms with van der Waals surface area (Å²) in [5, 5.41) is 3.69. The Morgan fingerprint density at radius 3 is 2.41 bits per heavy atom. The number of anilines is 2. The van der Waals surface area contributed by atoms with Crippen LogP contribution in [0.2, 0.25) is 0 Å². The Balaban J connectivity index is 1.27. The van der Waals surface area contributed by atoms with Gasteiger partial charge in [0.15, 0.2) is 0 Å². The van der Waals surface area contributed by atoms with Gasteiger partial charge in [0.2, 0.25) is 0 Å². The quantitative estimate of drug-likeness (QED) is 0.644. The highest BCUT2D eigenvalue weighted by atomic mass is 16.5. The molecule has 1 saturated carbocycles. The molecular weight excluding hydrogens is 402 g/mol. The first-order chi connectivity index (χ1) is 15.6. The molecule has 1 N–H and O–H groups in total. The van der Waals surface area contributed by atoms with E-state index in [9.17, 15) is 0 Å². The molecule has 3 aromatic rings. The van der Waals surface area contributed by atoms with Crippen LogP contribution in [0.25, 0.3) is 11.0 Å². The van der Waals surface area contributed by atoms with Gasteiger partial charge >= 0.3 is 0 Å². The SMILES string of the molecule is Cc1cc(NC2CCC(Oc3cc(N4CCOCC4)cc4nccnc34)CC2)cc(C)n1. The summed E-state index contributed by atoms with van der Waals surface area (Å²) in [7, 11) is 0. The fourth-order valence-electron chi connectivity index (χ4n) is 4.78. The predicted octanol–water partition coefficient (Wildman–Crippen LogP) is 4.28. The van der Waals surface area contributed by atoms with Gasteiger partial charge in [0.25, 0.3) is 0 Å². The van der Waals surface area contributed by atoms with Gasteiger partial charge in [-0.15, -0.1) is 0 Å².